The van der Waals surface area contributed by atoms with Gasteiger partial charge in [0.05, 0.1) is 25.7 Å². The van der Waals surface area contributed by atoms with Gasteiger partial charge in [0.2, 0.25) is 76.8 Å². The van der Waals surface area contributed by atoms with Crippen LogP contribution in [0.4, 0.5) is 0 Å². The standard InChI is InChI=1S/C70H117N17O19S2/c1-12-35(6)51(81-55(92)38(9)71)62(99)80-45-33-107-108-70(10,11)54(64(101)83-53(37(8)14-3)67(104)85-26-18-23-47(85)60(97)77-42(68(105)106)30-50(90)91)84-63(100)52(36(7)13-2)82-61(98)49-29-39-20-15-16-22-46(39)87(49)66(103)48-24-19-27-86(48)65(102)41(28-34(4)5)76-58(95)44(32-89)78-56(93)40(21-17-25-74-69(72)73)75-57(94)43(31-88)79-59(45)96/h34-49,51-54,88-89H,12-33,71H2,1-11H3,(H,75,94)(H,76,95)(H,77,97)(H,78,93)(H,79,96)(H,80,99)(H,81,92)(H,82,98)(H,83,101)(H,84,100)(H,90,91)(H,105,106)(H4,72,73,74)/t35-,36-,37-,38-,39-,40-,41-,42-,43-,44-,45-,46-,47-,48-,49-,51-,52-,53-,54+/m0/s1. The molecule has 0 aromatic heterocycles. The minimum atomic E-state index is -1.91. The molecule has 1 saturated carbocycles. The van der Waals surface area contributed by atoms with E-state index in [1.165, 1.54) is 35.5 Å². The number of nitrogens with zero attached hydrogens (tertiary/aromatic N) is 4. The normalized spacial score (nSPS) is 27.9. The van der Waals surface area contributed by atoms with Crippen LogP contribution in [0, 0.1) is 29.6 Å². The molecule has 4 aliphatic heterocycles. The maximum Gasteiger partial charge on any atom is 0.326 e. The summed E-state index contributed by atoms with van der Waals surface area (Å²) in [7, 11) is 1.76. The van der Waals surface area contributed by atoms with Crippen molar-refractivity contribution in [1.29, 1.82) is 0 Å². The Balaban J connectivity index is 1.70. The van der Waals surface area contributed by atoms with Crippen molar-refractivity contribution in [2.45, 2.75) is 274 Å². The van der Waals surface area contributed by atoms with Gasteiger partial charge in [-0.05, 0) is 115 Å². The third kappa shape index (κ3) is 24.7. The van der Waals surface area contributed by atoms with E-state index in [0.717, 1.165) is 28.0 Å². The highest BCUT2D eigenvalue weighted by Crippen LogP contribution is 2.42. The number of fused-ring (bicyclic) bond motifs is 4. The van der Waals surface area contributed by atoms with Crippen LogP contribution in [0.15, 0.2) is 4.99 Å². The van der Waals surface area contributed by atoms with Gasteiger partial charge < -0.3 is 105 Å². The number of aliphatic hydroxyl groups excluding tert-OH is 2. The molecule has 108 heavy (non-hydrogen) atoms. The monoisotopic (exact) mass is 1560 g/mol. The summed E-state index contributed by atoms with van der Waals surface area (Å²) in [5.41, 5.74) is 17.1. The van der Waals surface area contributed by atoms with Gasteiger partial charge in [-0.2, -0.15) is 0 Å². The van der Waals surface area contributed by atoms with E-state index in [-0.39, 0.29) is 95.2 Å². The predicted octanol–water partition coefficient (Wildman–Crippen LogP) is -2.72. The fourth-order valence-electron chi connectivity index (χ4n) is 14.1. The summed E-state index contributed by atoms with van der Waals surface area (Å²) in [5, 5.41) is 67.0. The van der Waals surface area contributed by atoms with Crippen molar-refractivity contribution in [3.05, 3.63) is 0 Å². The molecule has 0 spiro atoms. The molecule has 0 aromatic rings. The molecule has 36 nitrogen and oxygen atoms in total. The number of carbonyl (C=O) groups excluding carboxylic acids is 13. The first-order valence-electron chi connectivity index (χ1n) is 37.6. The summed E-state index contributed by atoms with van der Waals surface area (Å²) in [6.45, 7) is 16.1. The van der Waals surface area contributed by atoms with E-state index >= 15 is 28.8 Å². The Morgan fingerprint density at radius 1 is 0.639 bits per heavy atom. The maximum absolute atomic E-state index is 15.7. The Labute approximate surface area is 638 Å². The smallest absolute Gasteiger partial charge is 0.326 e. The highest BCUT2D eigenvalue weighted by molar-refractivity contribution is 8.77. The van der Waals surface area contributed by atoms with E-state index in [9.17, 15) is 63.6 Å². The summed E-state index contributed by atoms with van der Waals surface area (Å²) in [5.74, 6) is -17.8. The number of aliphatic imine (C=N–C) groups is 1. The molecule has 4 heterocycles. The van der Waals surface area contributed by atoms with Crippen LogP contribution in [0.25, 0.3) is 0 Å². The Morgan fingerprint density at radius 2 is 1.23 bits per heavy atom. The molecule has 608 valence electrons. The van der Waals surface area contributed by atoms with Gasteiger partial charge in [-0.3, -0.25) is 72.1 Å². The number of nitrogens with one attached hydrogen (secondary N) is 10. The van der Waals surface area contributed by atoms with E-state index in [0.29, 0.717) is 32.1 Å². The first-order valence-corrected chi connectivity index (χ1v) is 39.9. The number of carboxylic acid groups (broad SMARTS) is 2. The molecule has 19 atom stereocenters. The van der Waals surface area contributed by atoms with E-state index in [1.807, 2.05) is 0 Å². The minimum Gasteiger partial charge on any atom is -0.481 e. The SMILES string of the molecule is CC[C@H](C)[C@H](NC(=O)[C@H](C)N)C(=O)N[C@H]1CSSC(C)(C)[C@@H](C(=O)N[C@H](C(=O)N2CCC[C@H]2C(=O)N[C@@H](CC(=O)O)C(=O)O)[C@@H](C)CC)NC(=O)[C@H]([C@@H](C)CC)NC(=O)[C@@H]2C[C@@H]3CCCC[C@@H]3N2C(=O)[C@@H]2CCCN2C(=O)[C@H](CC(C)C)NC(=O)[C@H](CO)NC(=O)[C@H](CCCN=C(N)N)NC(=O)[C@H](CO)NC1=O. The summed E-state index contributed by atoms with van der Waals surface area (Å²) in [6, 6.07) is -21.3. The zero-order valence-corrected chi connectivity index (χ0v) is 65.5. The van der Waals surface area contributed by atoms with Gasteiger partial charge in [0.1, 0.15) is 78.5 Å². The number of amides is 13. The highest BCUT2D eigenvalue weighted by Gasteiger charge is 2.53. The second-order valence-electron chi connectivity index (χ2n) is 30.1. The Morgan fingerprint density at radius 3 is 1.81 bits per heavy atom. The molecule has 1 aliphatic carbocycles. The summed E-state index contributed by atoms with van der Waals surface area (Å²) < 4.78 is -1.59. The molecular weight excluding hydrogens is 1450 g/mol. The maximum atomic E-state index is 15.7. The number of hydrogen-bond donors (Lipinski definition) is 17. The van der Waals surface area contributed by atoms with Crippen molar-refractivity contribution >= 4 is 116 Å². The molecule has 5 aliphatic rings. The van der Waals surface area contributed by atoms with Crippen LogP contribution in [0.5, 0.6) is 0 Å². The molecular formula is C70H117N17O19S2. The van der Waals surface area contributed by atoms with Gasteiger partial charge in [0.25, 0.3) is 0 Å². The minimum absolute atomic E-state index is 0.000536. The number of carbonyl (C=O) groups is 15. The fourth-order valence-corrected chi connectivity index (χ4v) is 16.9. The Bertz CT molecular complexity index is 3260. The van der Waals surface area contributed by atoms with Crippen molar-refractivity contribution in [3.63, 3.8) is 0 Å². The fraction of sp³-hybridized carbons (Fsp3) is 0.771. The molecule has 0 bridgehead atoms. The van der Waals surface area contributed by atoms with Crippen LogP contribution >= 0.6 is 21.6 Å². The third-order valence-corrected chi connectivity index (χ3v) is 24.3. The van der Waals surface area contributed by atoms with Gasteiger partial charge in [-0.1, -0.05) is 109 Å². The van der Waals surface area contributed by atoms with E-state index < -0.39 is 227 Å². The van der Waals surface area contributed by atoms with Crippen molar-refractivity contribution in [3.8, 4) is 0 Å². The summed E-state index contributed by atoms with van der Waals surface area (Å²) in [6.07, 6.45) is 3.32. The number of rotatable bonds is 26. The topological polar surface area (TPSA) is 557 Å². The van der Waals surface area contributed by atoms with Gasteiger partial charge >= 0.3 is 11.9 Å². The lowest BCUT2D eigenvalue weighted by Gasteiger charge is -2.39. The second kappa shape index (κ2) is 42.2. The molecule has 0 radical (unpaired) electrons. The molecule has 0 aromatic carbocycles. The summed E-state index contributed by atoms with van der Waals surface area (Å²) in [4.78, 5) is 224. The molecule has 5 rings (SSSR count). The van der Waals surface area contributed by atoms with Crippen molar-refractivity contribution in [1.82, 2.24) is 67.9 Å². The number of guanidine groups is 1. The number of hydrogen-bond acceptors (Lipinski definition) is 21. The van der Waals surface area contributed by atoms with Crippen LogP contribution < -0.4 is 70.4 Å². The Kier molecular flexibility index (Phi) is 35.4. The average Bonchev–Trinajstić information content (AvgIpc) is 1.61. The number of likely N-dealkylation sites (tertiary alicyclic amines) is 1. The van der Waals surface area contributed by atoms with Gasteiger partial charge in [0, 0.05) is 36.2 Å². The zero-order chi connectivity index (χ0) is 80.8. The number of aliphatic hydroxyl groups is 2. The van der Waals surface area contributed by atoms with Crippen molar-refractivity contribution in [2.24, 2.45) is 51.8 Å². The van der Waals surface area contributed by atoms with Gasteiger partial charge in [-0.15, -0.1) is 0 Å². The number of aliphatic carboxylic acids is 2. The second-order valence-corrected chi connectivity index (χ2v) is 33.0. The molecule has 38 heteroatoms. The number of nitrogens with two attached hydrogens (primary N) is 3. The lowest BCUT2D eigenvalue weighted by Crippen LogP contribution is -2.64. The van der Waals surface area contributed by atoms with Crippen LogP contribution in [0.2, 0.25) is 0 Å². The van der Waals surface area contributed by atoms with Crippen LogP contribution in [-0.2, 0) is 71.9 Å². The van der Waals surface area contributed by atoms with E-state index in [1.54, 1.807) is 55.4 Å². The zero-order valence-electron chi connectivity index (χ0n) is 63.9. The lowest BCUT2D eigenvalue weighted by atomic mass is 9.84. The lowest BCUT2D eigenvalue weighted by molar-refractivity contribution is -0.150. The first kappa shape index (κ1) is 90.5. The van der Waals surface area contributed by atoms with Gasteiger partial charge in [-0.25, -0.2) is 4.79 Å². The summed E-state index contributed by atoms with van der Waals surface area (Å²) >= 11 is 0. The van der Waals surface area contributed by atoms with Crippen LogP contribution in [-0.4, -0.2) is 264 Å². The molecule has 5 fully saturated rings. The highest BCUT2D eigenvalue weighted by atomic mass is 33.1. The quantitative estimate of drug-likeness (QED) is 0.0181. The number of carboxylic acids is 2. The van der Waals surface area contributed by atoms with Crippen LogP contribution in [0.1, 0.15) is 179 Å². The van der Waals surface area contributed by atoms with Crippen molar-refractivity contribution < 1.29 is 92.3 Å². The van der Waals surface area contributed by atoms with Gasteiger partial charge in [0.15, 0.2) is 5.96 Å². The molecule has 4 saturated heterocycles. The third-order valence-electron chi connectivity index (χ3n) is 21.0. The predicted molar refractivity (Wildman–Crippen MR) is 399 cm³/mol. The molecule has 13 amide bonds. The van der Waals surface area contributed by atoms with E-state index in [4.69, 9.17) is 17.2 Å². The molecule has 0 unspecified atom stereocenters. The Hall–Kier alpha value is -8.10. The van der Waals surface area contributed by atoms with E-state index in [2.05, 4.69) is 58.2 Å². The largest absolute Gasteiger partial charge is 0.481 e. The average molecular weight is 1560 g/mol. The first-order chi connectivity index (χ1) is 50.9. The van der Waals surface area contributed by atoms with Crippen molar-refractivity contribution in [2.75, 3.05) is 38.6 Å². The molecule has 20 N–H and O–H groups in total. The van der Waals surface area contributed by atoms with Crippen LogP contribution in [0.3, 0.4) is 0 Å².